The number of thioether (sulfide) groups is 1. The number of nitrogens with zero attached hydrogens (tertiary/aromatic N) is 3. The number of piperazine rings is 1. The third-order valence-electron chi connectivity index (χ3n) is 4.94. The molecule has 0 saturated carbocycles. The van der Waals surface area contributed by atoms with Gasteiger partial charge in [0.15, 0.2) is 0 Å². The van der Waals surface area contributed by atoms with Gasteiger partial charge in [0.2, 0.25) is 0 Å². The van der Waals surface area contributed by atoms with Crippen LogP contribution in [0.3, 0.4) is 0 Å². The fourth-order valence-electron chi connectivity index (χ4n) is 3.39. The van der Waals surface area contributed by atoms with Crippen molar-refractivity contribution in [3.05, 3.63) is 29.8 Å². The molecule has 0 unspecified atom stereocenters. The number of rotatable bonds is 7. The van der Waals surface area contributed by atoms with Crippen molar-refractivity contribution in [2.75, 3.05) is 70.5 Å². The van der Waals surface area contributed by atoms with Gasteiger partial charge < -0.3 is 9.64 Å². The van der Waals surface area contributed by atoms with Crippen LogP contribution in [0.4, 0.5) is 0 Å². The van der Waals surface area contributed by atoms with Crippen LogP contribution in [0.25, 0.3) is 0 Å². The van der Waals surface area contributed by atoms with Gasteiger partial charge in [0.1, 0.15) is 5.75 Å². The quantitative estimate of drug-likeness (QED) is 0.750. The minimum Gasteiger partial charge on any atom is -0.494 e. The first kappa shape index (κ1) is 18.1. The molecule has 5 heteroatoms. The lowest BCUT2D eigenvalue weighted by Gasteiger charge is -2.36. The Morgan fingerprint density at radius 1 is 0.833 bits per heavy atom. The highest BCUT2D eigenvalue weighted by Gasteiger charge is 2.18. The molecule has 0 spiro atoms. The van der Waals surface area contributed by atoms with Crippen LogP contribution in [0.1, 0.15) is 12.5 Å². The van der Waals surface area contributed by atoms with Crippen LogP contribution in [0, 0.1) is 0 Å². The maximum absolute atomic E-state index is 5.52. The minimum absolute atomic E-state index is 0.734. The van der Waals surface area contributed by atoms with Crippen LogP contribution in [0.2, 0.25) is 0 Å². The zero-order chi connectivity index (χ0) is 16.6. The van der Waals surface area contributed by atoms with Gasteiger partial charge in [-0.15, -0.1) is 0 Å². The number of ether oxygens (including phenoxy) is 1. The molecule has 0 amide bonds. The lowest BCUT2D eigenvalue weighted by atomic mass is 10.2. The maximum atomic E-state index is 5.52. The normalized spacial score (nSPS) is 21.0. The molecule has 4 nitrogen and oxygen atoms in total. The smallest absolute Gasteiger partial charge is 0.119 e. The van der Waals surface area contributed by atoms with E-state index in [1.807, 2.05) is 6.92 Å². The Bertz CT molecular complexity index is 468. The Kier molecular flexibility index (Phi) is 7.27. The van der Waals surface area contributed by atoms with Crippen molar-refractivity contribution in [3.8, 4) is 5.75 Å². The van der Waals surface area contributed by atoms with Crippen molar-refractivity contribution in [1.29, 1.82) is 0 Å². The second kappa shape index (κ2) is 9.66. The van der Waals surface area contributed by atoms with Crippen LogP contribution in [-0.4, -0.2) is 85.2 Å². The molecule has 2 saturated heterocycles. The van der Waals surface area contributed by atoms with Crippen molar-refractivity contribution in [2.24, 2.45) is 0 Å². The van der Waals surface area contributed by atoms with Gasteiger partial charge in [-0.1, -0.05) is 12.1 Å². The van der Waals surface area contributed by atoms with E-state index in [0.717, 1.165) is 18.9 Å². The van der Waals surface area contributed by atoms with Gasteiger partial charge >= 0.3 is 0 Å². The third kappa shape index (κ3) is 5.66. The predicted molar refractivity (Wildman–Crippen MR) is 103 cm³/mol. The Morgan fingerprint density at radius 2 is 1.42 bits per heavy atom. The van der Waals surface area contributed by atoms with E-state index >= 15 is 0 Å². The molecule has 2 fully saturated rings. The van der Waals surface area contributed by atoms with Crippen LogP contribution in [0.5, 0.6) is 5.75 Å². The van der Waals surface area contributed by atoms with E-state index in [2.05, 4.69) is 50.7 Å². The predicted octanol–water partition coefficient (Wildman–Crippen LogP) is 2.25. The Labute approximate surface area is 151 Å². The summed E-state index contributed by atoms with van der Waals surface area (Å²) < 4.78 is 5.52. The third-order valence-corrected chi connectivity index (χ3v) is 5.88. The summed E-state index contributed by atoms with van der Waals surface area (Å²) in [7, 11) is 0. The summed E-state index contributed by atoms with van der Waals surface area (Å²) in [6.07, 6.45) is 0. The molecular weight excluding hydrogens is 318 g/mol. The van der Waals surface area contributed by atoms with Crippen molar-refractivity contribution < 1.29 is 4.74 Å². The average Bonchev–Trinajstić information content (AvgIpc) is 2.64. The van der Waals surface area contributed by atoms with E-state index in [1.165, 1.54) is 69.4 Å². The van der Waals surface area contributed by atoms with Crippen LogP contribution >= 0.6 is 11.8 Å². The molecule has 0 aliphatic carbocycles. The van der Waals surface area contributed by atoms with Gasteiger partial charge in [-0.2, -0.15) is 11.8 Å². The Balaban J connectivity index is 1.35. The van der Waals surface area contributed by atoms with Crippen molar-refractivity contribution in [3.63, 3.8) is 0 Å². The summed E-state index contributed by atoms with van der Waals surface area (Å²) in [4.78, 5) is 7.84. The molecular formula is C19H31N3OS. The van der Waals surface area contributed by atoms with E-state index in [9.17, 15) is 0 Å². The molecule has 3 rings (SSSR count). The van der Waals surface area contributed by atoms with Crippen LogP contribution in [0.15, 0.2) is 24.3 Å². The molecule has 1 aromatic rings. The SMILES string of the molecule is CCOc1ccc(CN2CCN(CCN3CCSCC3)CC2)cc1. The molecule has 1 aromatic carbocycles. The van der Waals surface area contributed by atoms with Crippen LogP contribution < -0.4 is 4.74 Å². The second-order valence-corrected chi connectivity index (χ2v) is 7.87. The summed E-state index contributed by atoms with van der Waals surface area (Å²) >= 11 is 2.09. The van der Waals surface area contributed by atoms with Gasteiger partial charge in [-0.25, -0.2) is 0 Å². The first-order chi connectivity index (χ1) is 11.8. The first-order valence-corrected chi connectivity index (χ1v) is 10.5. The molecule has 0 radical (unpaired) electrons. The average molecular weight is 350 g/mol. The molecule has 134 valence electrons. The van der Waals surface area contributed by atoms with E-state index in [1.54, 1.807) is 0 Å². The summed E-state index contributed by atoms with van der Waals surface area (Å²) in [5.41, 5.74) is 1.39. The molecule has 0 N–H and O–H groups in total. The van der Waals surface area contributed by atoms with E-state index in [4.69, 9.17) is 4.74 Å². The lowest BCUT2D eigenvalue weighted by Crippen LogP contribution is -2.48. The summed E-state index contributed by atoms with van der Waals surface area (Å²) in [6, 6.07) is 8.58. The fraction of sp³-hybridized carbons (Fsp3) is 0.684. The molecule has 0 aromatic heterocycles. The number of hydrogen-bond acceptors (Lipinski definition) is 5. The van der Waals surface area contributed by atoms with Gasteiger partial charge in [0.05, 0.1) is 6.61 Å². The molecule has 0 bridgehead atoms. The lowest BCUT2D eigenvalue weighted by molar-refractivity contribution is 0.115. The first-order valence-electron chi connectivity index (χ1n) is 9.30. The highest BCUT2D eigenvalue weighted by Crippen LogP contribution is 2.15. The van der Waals surface area contributed by atoms with Crippen LogP contribution in [-0.2, 0) is 6.54 Å². The molecule has 2 aliphatic heterocycles. The van der Waals surface area contributed by atoms with Gasteiger partial charge in [0.25, 0.3) is 0 Å². The van der Waals surface area contributed by atoms with Gasteiger partial charge in [-0.3, -0.25) is 9.80 Å². The maximum Gasteiger partial charge on any atom is 0.119 e. The zero-order valence-corrected chi connectivity index (χ0v) is 15.8. The molecule has 24 heavy (non-hydrogen) atoms. The Hall–Kier alpha value is -0.750. The van der Waals surface area contributed by atoms with E-state index < -0.39 is 0 Å². The van der Waals surface area contributed by atoms with Crippen molar-refractivity contribution >= 4 is 11.8 Å². The Morgan fingerprint density at radius 3 is 2.04 bits per heavy atom. The minimum atomic E-state index is 0.734. The van der Waals surface area contributed by atoms with Gasteiger partial charge in [0, 0.05) is 70.4 Å². The molecule has 2 aliphatic rings. The monoisotopic (exact) mass is 349 g/mol. The van der Waals surface area contributed by atoms with E-state index in [0.29, 0.717) is 0 Å². The number of hydrogen-bond donors (Lipinski definition) is 0. The number of benzene rings is 1. The molecule has 0 atom stereocenters. The zero-order valence-electron chi connectivity index (χ0n) is 15.0. The summed E-state index contributed by atoms with van der Waals surface area (Å²) in [5, 5.41) is 0. The highest BCUT2D eigenvalue weighted by molar-refractivity contribution is 7.99. The van der Waals surface area contributed by atoms with Crippen molar-refractivity contribution in [1.82, 2.24) is 14.7 Å². The fourth-order valence-corrected chi connectivity index (χ4v) is 4.37. The van der Waals surface area contributed by atoms with E-state index in [-0.39, 0.29) is 0 Å². The largest absolute Gasteiger partial charge is 0.494 e. The van der Waals surface area contributed by atoms with Crippen molar-refractivity contribution in [2.45, 2.75) is 13.5 Å². The second-order valence-electron chi connectivity index (χ2n) is 6.65. The topological polar surface area (TPSA) is 19.0 Å². The summed E-state index contributed by atoms with van der Waals surface area (Å²) in [6.45, 7) is 13.6. The highest BCUT2D eigenvalue weighted by atomic mass is 32.2. The van der Waals surface area contributed by atoms with Gasteiger partial charge in [-0.05, 0) is 24.6 Å². The molecule has 2 heterocycles. The standard InChI is InChI=1S/C19H31N3OS/c1-2-23-19-5-3-18(4-6-19)17-22-11-9-20(10-12-22)7-8-21-13-15-24-16-14-21/h3-6H,2,7-17H2,1H3. The summed E-state index contributed by atoms with van der Waals surface area (Å²) in [5.74, 6) is 3.60.